The quantitative estimate of drug-likeness (QED) is 0.0705. The highest BCUT2D eigenvalue weighted by Crippen LogP contribution is 2.18. The minimum absolute atomic E-state index is 0.256. The Kier molecular flexibility index (Phi) is 16.5. The van der Waals surface area contributed by atoms with Crippen LogP contribution in [0, 0.1) is 0 Å². The van der Waals surface area contributed by atoms with Crippen LogP contribution < -0.4 is 4.74 Å². The van der Waals surface area contributed by atoms with Crippen molar-refractivity contribution in [2.75, 3.05) is 6.61 Å². The zero-order valence-corrected chi connectivity index (χ0v) is 26.1. The molecule has 0 aromatic heterocycles. The molecule has 4 nitrogen and oxygen atoms in total. The molecule has 3 aromatic rings. The van der Waals surface area contributed by atoms with Gasteiger partial charge in [-0.05, 0) is 78.2 Å². The molecule has 0 saturated carbocycles. The molecule has 0 aliphatic heterocycles. The summed E-state index contributed by atoms with van der Waals surface area (Å²) < 4.78 is 11.4. The highest BCUT2D eigenvalue weighted by molar-refractivity contribution is 6.30. The van der Waals surface area contributed by atoms with E-state index in [4.69, 9.17) is 21.1 Å². The monoisotopic (exact) mass is 589 g/mol. The highest BCUT2D eigenvalue weighted by atomic mass is 35.5. The summed E-state index contributed by atoms with van der Waals surface area (Å²) >= 11 is 5.92. The van der Waals surface area contributed by atoms with E-state index in [-0.39, 0.29) is 5.97 Å². The fraction of sp³-hybridized carbons (Fsp3) is 0.459. The lowest BCUT2D eigenvalue weighted by atomic mass is 10.0. The van der Waals surface area contributed by atoms with Gasteiger partial charge in [0, 0.05) is 11.2 Å². The van der Waals surface area contributed by atoms with Gasteiger partial charge in [0.1, 0.15) is 12.4 Å². The van der Waals surface area contributed by atoms with E-state index in [0.29, 0.717) is 23.8 Å². The van der Waals surface area contributed by atoms with Crippen molar-refractivity contribution in [3.63, 3.8) is 0 Å². The van der Waals surface area contributed by atoms with Crippen molar-refractivity contribution in [1.29, 1.82) is 0 Å². The summed E-state index contributed by atoms with van der Waals surface area (Å²) in [7, 11) is 0. The molecule has 0 radical (unpaired) electrons. The van der Waals surface area contributed by atoms with Gasteiger partial charge < -0.3 is 9.47 Å². The van der Waals surface area contributed by atoms with E-state index in [0.717, 1.165) is 35.4 Å². The van der Waals surface area contributed by atoms with Gasteiger partial charge in [-0.3, -0.25) is 4.99 Å². The van der Waals surface area contributed by atoms with Crippen LogP contribution in [0.15, 0.2) is 77.8 Å². The second-order valence-electron chi connectivity index (χ2n) is 11.0. The van der Waals surface area contributed by atoms with Crippen LogP contribution in [0.1, 0.15) is 118 Å². The number of carbonyl (C=O) groups excluding carboxylic acids is 1. The molecule has 0 saturated heterocycles. The Hall–Kier alpha value is -3.11. The topological polar surface area (TPSA) is 47.9 Å². The van der Waals surface area contributed by atoms with Gasteiger partial charge in [-0.15, -0.1) is 0 Å². The van der Waals surface area contributed by atoms with Gasteiger partial charge in [0.15, 0.2) is 0 Å². The molecule has 0 spiro atoms. The maximum Gasteiger partial charge on any atom is 0.338 e. The largest absolute Gasteiger partial charge is 0.489 e. The number of hydrogen-bond donors (Lipinski definition) is 0. The summed E-state index contributed by atoms with van der Waals surface area (Å²) in [6.07, 6.45) is 20.2. The Balaban J connectivity index is 1.22. The first-order valence-corrected chi connectivity index (χ1v) is 16.3. The first-order valence-electron chi connectivity index (χ1n) is 15.9. The number of nitrogens with zero attached hydrogens (tertiary/aromatic N) is 1. The van der Waals surface area contributed by atoms with Crippen molar-refractivity contribution >= 4 is 29.5 Å². The molecule has 226 valence electrons. The number of benzene rings is 3. The van der Waals surface area contributed by atoms with Crippen LogP contribution in [-0.2, 0) is 11.3 Å². The minimum Gasteiger partial charge on any atom is -0.489 e. The van der Waals surface area contributed by atoms with E-state index in [1.807, 2.05) is 79.0 Å². The van der Waals surface area contributed by atoms with E-state index in [9.17, 15) is 4.79 Å². The summed E-state index contributed by atoms with van der Waals surface area (Å²) in [4.78, 5) is 16.8. The van der Waals surface area contributed by atoms with Gasteiger partial charge in [0.25, 0.3) is 0 Å². The van der Waals surface area contributed by atoms with Gasteiger partial charge in [0.2, 0.25) is 0 Å². The van der Waals surface area contributed by atoms with E-state index in [2.05, 4.69) is 11.9 Å². The molecule has 0 atom stereocenters. The van der Waals surface area contributed by atoms with Crippen LogP contribution in [-0.4, -0.2) is 18.8 Å². The number of rotatable bonds is 21. The van der Waals surface area contributed by atoms with Gasteiger partial charge in [-0.1, -0.05) is 114 Å². The molecule has 5 heteroatoms. The SMILES string of the molecule is CCCCCCCCCCCCCCCCOC(=O)c1ccc(COc2ccc(C=Nc3ccc(Cl)cc3)cc2)cc1. The van der Waals surface area contributed by atoms with Crippen molar-refractivity contribution in [3.05, 3.63) is 94.5 Å². The van der Waals surface area contributed by atoms with Gasteiger partial charge >= 0.3 is 5.97 Å². The molecule has 3 aromatic carbocycles. The third kappa shape index (κ3) is 14.2. The van der Waals surface area contributed by atoms with E-state index in [1.54, 1.807) is 0 Å². The fourth-order valence-corrected chi connectivity index (χ4v) is 4.90. The zero-order chi connectivity index (χ0) is 29.7. The minimum atomic E-state index is -0.256. The van der Waals surface area contributed by atoms with Gasteiger partial charge in [-0.2, -0.15) is 0 Å². The molecule has 0 heterocycles. The van der Waals surface area contributed by atoms with Crippen LogP contribution >= 0.6 is 11.6 Å². The first-order chi connectivity index (χ1) is 20.6. The second kappa shape index (κ2) is 20.7. The molecule has 0 amide bonds. The lowest BCUT2D eigenvalue weighted by Gasteiger charge is -2.08. The molecular formula is C37H48ClNO3. The molecule has 0 fully saturated rings. The predicted octanol–water partition coefficient (Wildman–Crippen LogP) is 11.3. The summed E-state index contributed by atoms with van der Waals surface area (Å²) in [5, 5.41) is 0.695. The van der Waals surface area contributed by atoms with Crippen LogP contribution in [0.4, 0.5) is 5.69 Å². The Morgan fingerprint density at radius 1 is 0.690 bits per heavy atom. The number of aliphatic imine (C=N–C) groups is 1. The maximum absolute atomic E-state index is 12.4. The Bertz CT molecular complexity index is 1160. The van der Waals surface area contributed by atoms with Crippen molar-refractivity contribution in [2.45, 2.75) is 103 Å². The Morgan fingerprint density at radius 3 is 1.81 bits per heavy atom. The van der Waals surface area contributed by atoms with E-state index < -0.39 is 0 Å². The second-order valence-corrected chi connectivity index (χ2v) is 11.5. The Morgan fingerprint density at radius 2 is 1.24 bits per heavy atom. The van der Waals surface area contributed by atoms with Crippen LogP contribution in [0.5, 0.6) is 5.75 Å². The number of hydrogen-bond acceptors (Lipinski definition) is 4. The molecule has 0 aliphatic rings. The number of halogens is 1. The molecule has 0 N–H and O–H groups in total. The lowest BCUT2D eigenvalue weighted by molar-refractivity contribution is 0.0497. The number of ether oxygens (including phenoxy) is 2. The van der Waals surface area contributed by atoms with Gasteiger partial charge in [-0.25, -0.2) is 4.79 Å². The number of unbranched alkanes of at least 4 members (excludes halogenated alkanes) is 13. The zero-order valence-electron chi connectivity index (χ0n) is 25.4. The Labute approximate surface area is 258 Å². The van der Waals surface area contributed by atoms with Gasteiger partial charge in [0.05, 0.1) is 17.9 Å². The van der Waals surface area contributed by atoms with Crippen molar-refractivity contribution in [2.24, 2.45) is 4.99 Å². The summed E-state index contributed by atoms with van der Waals surface area (Å²) in [6.45, 7) is 3.18. The van der Waals surface area contributed by atoms with Crippen molar-refractivity contribution < 1.29 is 14.3 Å². The first kappa shape index (κ1) is 33.4. The highest BCUT2D eigenvalue weighted by Gasteiger charge is 2.07. The summed E-state index contributed by atoms with van der Waals surface area (Å²) in [5.74, 6) is 0.517. The third-order valence-corrected chi connectivity index (χ3v) is 7.65. The van der Waals surface area contributed by atoms with E-state index >= 15 is 0 Å². The third-order valence-electron chi connectivity index (χ3n) is 7.40. The van der Waals surface area contributed by atoms with E-state index in [1.165, 1.54) is 77.0 Å². The molecule has 42 heavy (non-hydrogen) atoms. The van der Waals surface area contributed by atoms with Crippen LogP contribution in [0.3, 0.4) is 0 Å². The molecule has 0 unspecified atom stereocenters. The average Bonchev–Trinajstić information content (AvgIpc) is 3.02. The lowest BCUT2D eigenvalue weighted by Crippen LogP contribution is -2.06. The normalized spacial score (nSPS) is 11.2. The molecule has 0 bridgehead atoms. The number of esters is 1. The maximum atomic E-state index is 12.4. The average molecular weight is 590 g/mol. The fourth-order valence-electron chi connectivity index (χ4n) is 4.77. The molecule has 0 aliphatic carbocycles. The standard InChI is InChI=1S/C37H48ClNO3/c1-2-3-4-5-6-7-8-9-10-11-12-13-14-15-28-41-37(40)33-20-16-32(17-21-33)30-42-36-26-18-31(19-27-36)29-39-35-24-22-34(38)23-25-35/h16-27,29H,2-15,28,30H2,1H3. The van der Waals surface area contributed by atoms with Crippen molar-refractivity contribution in [3.8, 4) is 5.75 Å². The summed E-state index contributed by atoms with van der Waals surface area (Å²) in [6, 6.07) is 22.6. The van der Waals surface area contributed by atoms with Crippen LogP contribution in [0.2, 0.25) is 5.02 Å². The number of carbonyl (C=O) groups is 1. The molecule has 3 rings (SSSR count). The van der Waals surface area contributed by atoms with Crippen molar-refractivity contribution in [1.82, 2.24) is 0 Å². The summed E-state index contributed by atoms with van der Waals surface area (Å²) in [5.41, 5.74) is 3.40. The predicted molar refractivity (Wildman–Crippen MR) is 177 cm³/mol. The molecular weight excluding hydrogens is 542 g/mol. The van der Waals surface area contributed by atoms with Crippen LogP contribution in [0.25, 0.3) is 0 Å². The smallest absolute Gasteiger partial charge is 0.338 e.